The first-order chi connectivity index (χ1) is 10.2. The Balaban J connectivity index is 1.36. The summed E-state index contributed by atoms with van der Waals surface area (Å²) in [5.41, 5.74) is 1.30. The Hall–Kier alpha value is -1.38. The van der Waals surface area contributed by atoms with Crippen molar-refractivity contribution in [3.8, 4) is 0 Å². The molecule has 0 aliphatic heterocycles. The van der Waals surface area contributed by atoms with Crippen molar-refractivity contribution in [1.82, 2.24) is 10.3 Å². The van der Waals surface area contributed by atoms with Crippen molar-refractivity contribution in [2.45, 2.75) is 56.9 Å². The van der Waals surface area contributed by atoms with Gasteiger partial charge in [-0.15, -0.1) is 0 Å². The molecular weight excluding hydrogens is 260 g/mol. The molecule has 4 aliphatic rings. The van der Waals surface area contributed by atoms with Crippen LogP contribution in [-0.2, 0) is 11.2 Å². The van der Waals surface area contributed by atoms with E-state index in [0.29, 0.717) is 6.42 Å². The number of hydrogen-bond acceptors (Lipinski definition) is 2. The number of hydrogen-bond donors (Lipinski definition) is 1. The first kappa shape index (κ1) is 13.3. The largest absolute Gasteiger partial charge is 0.351 e. The van der Waals surface area contributed by atoms with Crippen LogP contribution in [-0.4, -0.2) is 16.4 Å². The van der Waals surface area contributed by atoms with E-state index in [2.05, 4.69) is 10.3 Å². The van der Waals surface area contributed by atoms with E-state index in [4.69, 9.17) is 0 Å². The van der Waals surface area contributed by atoms with Crippen molar-refractivity contribution in [2.24, 2.45) is 17.8 Å². The summed E-state index contributed by atoms with van der Waals surface area (Å²) < 4.78 is 0. The number of amides is 1. The summed E-state index contributed by atoms with van der Waals surface area (Å²) in [6, 6.07) is 3.98. The molecule has 0 unspecified atom stereocenters. The van der Waals surface area contributed by atoms with Crippen LogP contribution in [0.25, 0.3) is 0 Å². The average Bonchev–Trinajstić information content (AvgIpc) is 2.44. The van der Waals surface area contributed by atoms with E-state index < -0.39 is 0 Å². The molecule has 1 heterocycles. The fraction of sp³-hybridized carbons (Fsp3) is 0.667. The highest BCUT2D eigenvalue weighted by molar-refractivity contribution is 5.77. The zero-order valence-electron chi connectivity index (χ0n) is 12.6. The average molecular weight is 284 g/mol. The van der Waals surface area contributed by atoms with Crippen LogP contribution in [0, 0.1) is 17.8 Å². The van der Waals surface area contributed by atoms with E-state index in [-0.39, 0.29) is 11.4 Å². The third kappa shape index (κ3) is 2.70. The maximum Gasteiger partial charge on any atom is 0.220 e. The normalized spacial score (nSPS) is 36.7. The van der Waals surface area contributed by atoms with Crippen LogP contribution in [0.4, 0.5) is 0 Å². The van der Waals surface area contributed by atoms with Gasteiger partial charge >= 0.3 is 0 Å². The third-order valence-electron chi connectivity index (χ3n) is 5.81. The van der Waals surface area contributed by atoms with Crippen LogP contribution in [0.1, 0.15) is 50.5 Å². The zero-order valence-corrected chi connectivity index (χ0v) is 12.6. The van der Waals surface area contributed by atoms with E-state index in [9.17, 15) is 4.79 Å². The molecule has 0 saturated heterocycles. The van der Waals surface area contributed by atoms with E-state index >= 15 is 0 Å². The second kappa shape index (κ2) is 5.11. The van der Waals surface area contributed by atoms with Crippen molar-refractivity contribution in [2.75, 3.05) is 0 Å². The Labute approximate surface area is 126 Å². The number of carbonyl (C=O) groups excluding carboxylic acids is 1. The summed E-state index contributed by atoms with van der Waals surface area (Å²) in [5, 5.41) is 3.44. The third-order valence-corrected chi connectivity index (χ3v) is 5.81. The van der Waals surface area contributed by atoms with Crippen molar-refractivity contribution >= 4 is 5.91 Å². The van der Waals surface area contributed by atoms with Crippen LogP contribution < -0.4 is 5.32 Å². The van der Waals surface area contributed by atoms with Crippen LogP contribution >= 0.6 is 0 Å². The molecule has 0 spiro atoms. The monoisotopic (exact) mass is 284 g/mol. The lowest BCUT2D eigenvalue weighted by atomic mass is 9.53. The topological polar surface area (TPSA) is 42.0 Å². The molecule has 4 bridgehead atoms. The molecule has 21 heavy (non-hydrogen) atoms. The van der Waals surface area contributed by atoms with Gasteiger partial charge in [0, 0.05) is 24.4 Å². The van der Waals surface area contributed by atoms with Gasteiger partial charge in [0.15, 0.2) is 0 Å². The predicted molar refractivity (Wildman–Crippen MR) is 81.6 cm³/mol. The van der Waals surface area contributed by atoms with Gasteiger partial charge < -0.3 is 5.32 Å². The van der Waals surface area contributed by atoms with Crippen molar-refractivity contribution < 1.29 is 4.79 Å². The van der Waals surface area contributed by atoms with Gasteiger partial charge in [0.05, 0.1) is 0 Å². The van der Waals surface area contributed by atoms with Gasteiger partial charge in [-0.05, 0) is 74.3 Å². The quantitative estimate of drug-likeness (QED) is 0.923. The standard InChI is InChI=1S/C18H24N2O/c21-17(4-3-13-2-1-5-19-12-13)20-18-9-14-6-15(10-18)8-16(7-14)11-18/h1-2,5,12,14-16H,3-4,6-11H2,(H,20,21). The zero-order chi connectivity index (χ0) is 14.3. The molecule has 4 saturated carbocycles. The van der Waals surface area contributed by atoms with Crippen molar-refractivity contribution in [3.63, 3.8) is 0 Å². The van der Waals surface area contributed by atoms with Gasteiger partial charge in [-0.25, -0.2) is 0 Å². The van der Waals surface area contributed by atoms with Crippen LogP contribution in [0.5, 0.6) is 0 Å². The molecule has 1 aromatic heterocycles. The first-order valence-electron chi connectivity index (χ1n) is 8.41. The summed E-state index contributed by atoms with van der Waals surface area (Å²) in [6.07, 6.45) is 13.0. The summed E-state index contributed by atoms with van der Waals surface area (Å²) in [5.74, 6) is 2.89. The Morgan fingerprint density at radius 3 is 2.43 bits per heavy atom. The lowest BCUT2D eigenvalue weighted by molar-refractivity contribution is -0.126. The maximum absolute atomic E-state index is 12.4. The number of nitrogens with zero attached hydrogens (tertiary/aromatic N) is 1. The molecular formula is C18H24N2O. The molecule has 1 N–H and O–H groups in total. The number of carbonyl (C=O) groups is 1. The Bertz CT molecular complexity index is 490. The fourth-order valence-corrected chi connectivity index (χ4v) is 5.43. The number of aromatic nitrogens is 1. The lowest BCUT2D eigenvalue weighted by Crippen LogP contribution is -2.59. The summed E-state index contributed by atoms with van der Waals surface area (Å²) >= 11 is 0. The minimum Gasteiger partial charge on any atom is -0.351 e. The Morgan fingerprint density at radius 2 is 1.86 bits per heavy atom. The van der Waals surface area contributed by atoms with Crippen LogP contribution in [0.15, 0.2) is 24.5 Å². The summed E-state index contributed by atoms with van der Waals surface area (Å²) in [7, 11) is 0. The van der Waals surface area contributed by atoms with Gasteiger partial charge in [0.25, 0.3) is 0 Å². The van der Waals surface area contributed by atoms with Crippen molar-refractivity contribution in [3.05, 3.63) is 30.1 Å². The smallest absolute Gasteiger partial charge is 0.220 e. The molecule has 3 nitrogen and oxygen atoms in total. The summed E-state index contributed by atoms with van der Waals surface area (Å²) in [6.45, 7) is 0. The second-order valence-electron chi connectivity index (χ2n) is 7.61. The highest BCUT2D eigenvalue weighted by atomic mass is 16.1. The SMILES string of the molecule is O=C(CCc1cccnc1)NC12CC3CC(CC(C3)C1)C2. The molecule has 5 rings (SSSR count). The molecule has 112 valence electrons. The molecule has 0 radical (unpaired) electrons. The van der Waals surface area contributed by atoms with E-state index in [1.165, 1.54) is 38.5 Å². The highest BCUT2D eigenvalue weighted by Gasteiger charge is 2.51. The second-order valence-corrected chi connectivity index (χ2v) is 7.61. The maximum atomic E-state index is 12.4. The molecule has 3 heteroatoms. The van der Waals surface area contributed by atoms with Gasteiger partial charge in [0.1, 0.15) is 0 Å². The fourth-order valence-electron chi connectivity index (χ4n) is 5.43. The predicted octanol–water partition coefficient (Wildman–Crippen LogP) is 3.10. The van der Waals surface area contributed by atoms with E-state index in [1.807, 2.05) is 18.3 Å². The first-order valence-corrected chi connectivity index (χ1v) is 8.41. The van der Waals surface area contributed by atoms with Gasteiger partial charge in [-0.3, -0.25) is 9.78 Å². The molecule has 4 fully saturated rings. The summed E-state index contributed by atoms with van der Waals surface area (Å²) in [4.78, 5) is 16.5. The number of rotatable bonds is 4. The molecule has 1 aromatic rings. The Kier molecular flexibility index (Phi) is 3.24. The highest BCUT2D eigenvalue weighted by Crippen LogP contribution is 2.55. The Morgan fingerprint density at radius 1 is 1.19 bits per heavy atom. The van der Waals surface area contributed by atoms with Gasteiger partial charge in [0.2, 0.25) is 5.91 Å². The van der Waals surface area contributed by atoms with Gasteiger partial charge in [-0.2, -0.15) is 0 Å². The van der Waals surface area contributed by atoms with Crippen LogP contribution in [0.2, 0.25) is 0 Å². The number of pyridine rings is 1. The molecule has 1 amide bonds. The van der Waals surface area contributed by atoms with Crippen molar-refractivity contribution in [1.29, 1.82) is 0 Å². The van der Waals surface area contributed by atoms with Gasteiger partial charge in [-0.1, -0.05) is 6.07 Å². The molecule has 4 aliphatic carbocycles. The molecule has 0 atom stereocenters. The molecule has 0 aromatic carbocycles. The number of nitrogens with one attached hydrogen (secondary N) is 1. The lowest BCUT2D eigenvalue weighted by Gasteiger charge is -2.56. The van der Waals surface area contributed by atoms with Crippen LogP contribution in [0.3, 0.4) is 0 Å². The minimum absolute atomic E-state index is 0.154. The van der Waals surface area contributed by atoms with E-state index in [1.54, 1.807) is 6.20 Å². The van der Waals surface area contributed by atoms with E-state index in [0.717, 1.165) is 29.7 Å². The minimum atomic E-state index is 0.154. The number of aryl methyl sites for hydroxylation is 1.